The third-order valence-corrected chi connectivity index (χ3v) is 6.03. The summed E-state index contributed by atoms with van der Waals surface area (Å²) in [7, 11) is 0. The van der Waals surface area contributed by atoms with E-state index in [1.165, 1.54) is 21.9 Å². The monoisotopic (exact) mass is 440 g/mol. The highest BCUT2D eigenvalue weighted by Crippen LogP contribution is 2.34. The molecule has 4 rings (SSSR count). The molecule has 0 radical (unpaired) electrons. The molecule has 0 saturated heterocycles. The molecule has 0 unspecified atom stereocenters. The SMILES string of the molecule is CC(C)(C)c1cc(C#Cc2ccccc2)c2cc(C(C)(C)C)cc(C#Cc3ccccc3)c2c1. The first-order valence-electron chi connectivity index (χ1n) is 11.9. The van der Waals surface area contributed by atoms with Crippen LogP contribution >= 0.6 is 0 Å². The van der Waals surface area contributed by atoms with E-state index in [1.807, 2.05) is 36.4 Å². The van der Waals surface area contributed by atoms with Gasteiger partial charge in [-0.15, -0.1) is 0 Å². The summed E-state index contributed by atoms with van der Waals surface area (Å²) in [4.78, 5) is 0. The van der Waals surface area contributed by atoms with Crippen molar-refractivity contribution in [1.29, 1.82) is 0 Å². The Labute approximate surface area is 205 Å². The van der Waals surface area contributed by atoms with Crippen LogP contribution in [0.1, 0.15) is 74.9 Å². The van der Waals surface area contributed by atoms with Crippen LogP contribution in [0.3, 0.4) is 0 Å². The van der Waals surface area contributed by atoms with E-state index in [9.17, 15) is 0 Å². The van der Waals surface area contributed by atoms with E-state index in [0.717, 1.165) is 22.3 Å². The lowest BCUT2D eigenvalue weighted by Gasteiger charge is -2.24. The number of fused-ring (bicyclic) bond motifs is 1. The normalized spacial score (nSPS) is 11.4. The highest BCUT2D eigenvalue weighted by Gasteiger charge is 2.20. The average molecular weight is 441 g/mol. The Morgan fingerprint density at radius 2 is 0.794 bits per heavy atom. The first-order valence-corrected chi connectivity index (χ1v) is 11.9. The van der Waals surface area contributed by atoms with E-state index < -0.39 is 0 Å². The summed E-state index contributed by atoms with van der Waals surface area (Å²) in [6, 6.07) is 29.5. The van der Waals surface area contributed by atoms with Gasteiger partial charge < -0.3 is 0 Å². The Morgan fingerprint density at radius 3 is 1.12 bits per heavy atom. The summed E-state index contributed by atoms with van der Waals surface area (Å²) in [6.45, 7) is 13.5. The smallest absolute Gasteiger partial charge is 0.0330 e. The lowest BCUT2D eigenvalue weighted by atomic mass is 9.80. The fourth-order valence-electron chi connectivity index (χ4n) is 3.86. The quantitative estimate of drug-likeness (QED) is 0.242. The number of hydrogen-bond acceptors (Lipinski definition) is 0. The van der Waals surface area contributed by atoms with E-state index in [0.29, 0.717) is 0 Å². The second-order valence-electron chi connectivity index (χ2n) is 10.9. The van der Waals surface area contributed by atoms with Gasteiger partial charge in [0.1, 0.15) is 0 Å². The van der Waals surface area contributed by atoms with E-state index in [-0.39, 0.29) is 10.8 Å². The molecule has 0 heteroatoms. The highest BCUT2D eigenvalue weighted by molar-refractivity contribution is 5.94. The van der Waals surface area contributed by atoms with Crippen molar-refractivity contribution >= 4 is 10.8 Å². The molecule has 0 aliphatic heterocycles. The fourth-order valence-corrected chi connectivity index (χ4v) is 3.86. The van der Waals surface area contributed by atoms with Gasteiger partial charge in [-0.3, -0.25) is 0 Å². The van der Waals surface area contributed by atoms with Crippen molar-refractivity contribution in [3.63, 3.8) is 0 Å². The molecule has 0 N–H and O–H groups in total. The average Bonchev–Trinajstić information content (AvgIpc) is 2.81. The van der Waals surface area contributed by atoms with Crippen molar-refractivity contribution in [1.82, 2.24) is 0 Å². The fraction of sp³-hybridized carbons (Fsp3) is 0.235. The van der Waals surface area contributed by atoms with Crippen molar-refractivity contribution in [3.8, 4) is 23.7 Å². The molecule has 0 atom stereocenters. The summed E-state index contributed by atoms with van der Waals surface area (Å²) >= 11 is 0. The zero-order valence-corrected chi connectivity index (χ0v) is 21.1. The van der Waals surface area contributed by atoms with Gasteiger partial charge in [-0.05, 0) is 81.3 Å². The van der Waals surface area contributed by atoms with Crippen LogP contribution in [0.4, 0.5) is 0 Å². The first-order chi connectivity index (χ1) is 16.1. The summed E-state index contributed by atoms with van der Waals surface area (Å²) in [5.41, 5.74) is 6.70. The molecular weight excluding hydrogens is 408 g/mol. The summed E-state index contributed by atoms with van der Waals surface area (Å²) in [6.07, 6.45) is 0. The Morgan fingerprint density at radius 1 is 0.441 bits per heavy atom. The van der Waals surface area contributed by atoms with Crippen LogP contribution in [0.2, 0.25) is 0 Å². The molecule has 0 fully saturated rings. The molecule has 0 nitrogen and oxygen atoms in total. The maximum absolute atomic E-state index is 3.50. The van der Waals surface area contributed by atoms with Gasteiger partial charge in [0, 0.05) is 22.3 Å². The van der Waals surface area contributed by atoms with Gasteiger partial charge in [0.25, 0.3) is 0 Å². The lowest BCUT2D eigenvalue weighted by Crippen LogP contribution is -2.13. The minimum absolute atomic E-state index is 0.00416. The number of rotatable bonds is 0. The third-order valence-electron chi connectivity index (χ3n) is 6.03. The molecule has 4 aromatic rings. The minimum Gasteiger partial charge on any atom is -0.0622 e. The van der Waals surface area contributed by atoms with Crippen molar-refractivity contribution < 1.29 is 0 Å². The molecule has 0 saturated carbocycles. The summed E-state index contributed by atoms with van der Waals surface area (Å²) in [5.74, 6) is 13.8. The molecule has 168 valence electrons. The van der Waals surface area contributed by atoms with Gasteiger partial charge >= 0.3 is 0 Å². The van der Waals surface area contributed by atoms with Crippen molar-refractivity contribution in [2.24, 2.45) is 0 Å². The number of hydrogen-bond donors (Lipinski definition) is 0. The van der Waals surface area contributed by atoms with Crippen LogP contribution in [0.15, 0.2) is 84.9 Å². The number of benzene rings is 4. The van der Waals surface area contributed by atoms with Crippen molar-refractivity contribution in [3.05, 3.63) is 118 Å². The van der Waals surface area contributed by atoms with E-state index in [1.54, 1.807) is 0 Å². The van der Waals surface area contributed by atoms with Crippen molar-refractivity contribution in [2.45, 2.75) is 52.4 Å². The summed E-state index contributed by atoms with van der Waals surface area (Å²) < 4.78 is 0. The Kier molecular flexibility index (Phi) is 6.37. The second-order valence-corrected chi connectivity index (χ2v) is 10.9. The molecule has 34 heavy (non-hydrogen) atoms. The maximum atomic E-state index is 3.50. The largest absolute Gasteiger partial charge is 0.0622 e. The lowest BCUT2D eigenvalue weighted by molar-refractivity contribution is 0.589. The zero-order chi connectivity index (χ0) is 24.3. The van der Waals surface area contributed by atoms with Gasteiger partial charge in [-0.25, -0.2) is 0 Å². The van der Waals surface area contributed by atoms with Crippen LogP contribution in [-0.4, -0.2) is 0 Å². The Balaban J connectivity index is 2.02. The van der Waals surface area contributed by atoms with Crippen molar-refractivity contribution in [2.75, 3.05) is 0 Å². The predicted octanol–water partition coefficient (Wildman–Crippen LogP) is 8.23. The molecular formula is C34H32. The molecule has 0 amide bonds. The first kappa shape index (κ1) is 23.4. The standard InChI is InChI=1S/C34H32/c1-33(2,3)29-21-27(19-17-25-13-9-7-10-14-25)32-24-30(34(4,5)6)22-28(31(32)23-29)20-18-26-15-11-8-12-16-26/h7-16,21-24H,1-6H3. The topological polar surface area (TPSA) is 0 Å². The van der Waals surface area contributed by atoms with Crippen LogP contribution in [0.5, 0.6) is 0 Å². The van der Waals surface area contributed by atoms with Gasteiger partial charge in [-0.1, -0.05) is 102 Å². The van der Waals surface area contributed by atoms with Gasteiger partial charge in [0.05, 0.1) is 0 Å². The van der Waals surface area contributed by atoms with Gasteiger partial charge in [0.2, 0.25) is 0 Å². The van der Waals surface area contributed by atoms with E-state index in [4.69, 9.17) is 0 Å². The van der Waals surface area contributed by atoms with Crippen LogP contribution in [-0.2, 0) is 10.8 Å². The molecule has 0 heterocycles. The molecule has 0 aliphatic carbocycles. The Hall–Kier alpha value is -3.74. The van der Waals surface area contributed by atoms with Gasteiger partial charge in [0.15, 0.2) is 0 Å². The van der Waals surface area contributed by atoms with Gasteiger partial charge in [-0.2, -0.15) is 0 Å². The minimum atomic E-state index is 0.00416. The maximum Gasteiger partial charge on any atom is 0.0330 e. The third kappa shape index (κ3) is 5.42. The van der Waals surface area contributed by atoms with E-state index in [2.05, 4.69) is 114 Å². The molecule has 0 bridgehead atoms. The molecule has 0 spiro atoms. The molecule has 4 aromatic carbocycles. The van der Waals surface area contributed by atoms with Crippen LogP contribution in [0.25, 0.3) is 10.8 Å². The summed E-state index contributed by atoms with van der Waals surface area (Å²) in [5, 5.41) is 2.34. The van der Waals surface area contributed by atoms with E-state index >= 15 is 0 Å². The molecule has 0 aromatic heterocycles. The predicted molar refractivity (Wildman–Crippen MR) is 146 cm³/mol. The van der Waals surface area contributed by atoms with Crippen LogP contribution < -0.4 is 0 Å². The van der Waals surface area contributed by atoms with Crippen LogP contribution in [0, 0.1) is 23.7 Å². The molecule has 0 aliphatic rings. The zero-order valence-electron chi connectivity index (χ0n) is 21.1. The Bertz CT molecular complexity index is 1320. The highest BCUT2D eigenvalue weighted by atomic mass is 14.2. The second kappa shape index (κ2) is 9.25.